The molecule has 17 heavy (non-hydrogen) atoms. The predicted molar refractivity (Wildman–Crippen MR) is 67.7 cm³/mol. The number of nitrogens with one attached hydrogen (secondary N) is 1. The van der Waals surface area contributed by atoms with Crippen molar-refractivity contribution < 1.29 is 14.7 Å². The van der Waals surface area contributed by atoms with E-state index in [9.17, 15) is 9.59 Å². The molecular weight excluding hydrogens is 286 g/mol. The minimum absolute atomic E-state index is 0.0773. The second-order valence-corrected chi connectivity index (χ2v) is 4.75. The molecule has 0 aliphatic heterocycles. The second kappa shape index (κ2) is 6.39. The van der Waals surface area contributed by atoms with E-state index >= 15 is 0 Å². The van der Waals surface area contributed by atoms with E-state index in [0.29, 0.717) is 6.42 Å². The number of carboxylic acid groups (broad SMARTS) is 1. The van der Waals surface area contributed by atoms with Gasteiger partial charge < -0.3 is 10.4 Å². The number of halogens is 1. The third kappa shape index (κ3) is 5.49. The highest BCUT2D eigenvalue weighted by atomic mass is 79.9. The van der Waals surface area contributed by atoms with Crippen molar-refractivity contribution in [2.75, 3.05) is 0 Å². The van der Waals surface area contributed by atoms with Gasteiger partial charge in [-0.25, -0.2) is 0 Å². The molecule has 0 bridgehead atoms. The summed E-state index contributed by atoms with van der Waals surface area (Å²) < 4.78 is 0.937. The number of rotatable bonds is 5. The Bertz CT molecular complexity index is 404. The summed E-state index contributed by atoms with van der Waals surface area (Å²) in [5.74, 6) is -1.13. The smallest absolute Gasteiger partial charge is 0.305 e. The van der Waals surface area contributed by atoms with Crippen LogP contribution >= 0.6 is 15.9 Å². The van der Waals surface area contributed by atoms with Crippen LogP contribution in [-0.2, 0) is 16.0 Å². The van der Waals surface area contributed by atoms with E-state index in [1.807, 2.05) is 24.3 Å². The van der Waals surface area contributed by atoms with Gasteiger partial charge in [0.2, 0.25) is 5.91 Å². The minimum Gasteiger partial charge on any atom is -0.481 e. The van der Waals surface area contributed by atoms with Crippen LogP contribution in [0.15, 0.2) is 28.7 Å². The van der Waals surface area contributed by atoms with Gasteiger partial charge in [-0.1, -0.05) is 28.1 Å². The van der Waals surface area contributed by atoms with Gasteiger partial charge in [-0.2, -0.15) is 0 Å². The van der Waals surface area contributed by atoms with Crippen LogP contribution in [0.25, 0.3) is 0 Å². The molecule has 0 unspecified atom stereocenters. The Morgan fingerprint density at radius 3 is 2.71 bits per heavy atom. The summed E-state index contributed by atoms with van der Waals surface area (Å²) in [5, 5.41) is 11.4. The summed E-state index contributed by atoms with van der Waals surface area (Å²) in [6, 6.07) is 7.22. The highest BCUT2D eigenvalue weighted by Crippen LogP contribution is 2.14. The van der Waals surface area contributed by atoms with Crippen LogP contribution in [0.4, 0.5) is 0 Å². The summed E-state index contributed by atoms with van der Waals surface area (Å²) in [4.78, 5) is 21.7. The summed E-state index contributed by atoms with van der Waals surface area (Å²) >= 11 is 3.35. The molecule has 0 heterocycles. The van der Waals surface area contributed by atoms with E-state index in [1.165, 1.54) is 6.92 Å². The largest absolute Gasteiger partial charge is 0.481 e. The van der Waals surface area contributed by atoms with Crippen molar-refractivity contribution in [3.8, 4) is 0 Å². The van der Waals surface area contributed by atoms with Crippen molar-refractivity contribution in [2.24, 2.45) is 0 Å². The Hall–Kier alpha value is -1.36. The quantitative estimate of drug-likeness (QED) is 0.873. The van der Waals surface area contributed by atoms with Crippen molar-refractivity contribution in [1.29, 1.82) is 0 Å². The van der Waals surface area contributed by atoms with Crippen LogP contribution in [0, 0.1) is 0 Å². The first-order valence-corrected chi connectivity index (χ1v) is 6.00. The lowest BCUT2D eigenvalue weighted by Crippen LogP contribution is -2.36. The van der Waals surface area contributed by atoms with Gasteiger partial charge in [-0.05, 0) is 24.1 Å². The summed E-state index contributed by atoms with van der Waals surface area (Å²) in [6.45, 7) is 1.38. The van der Waals surface area contributed by atoms with Crippen molar-refractivity contribution in [3.05, 3.63) is 34.3 Å². The number of aliphatic carboxylic acids is 1. The molecule has 1 rings (SSSR count). The van der Waals surface area contributed by atoms with Gasteiger partial charge in [0.25, 0.3) is 0 Å². The number of carbonyl (C=O) groups is 2. The first-order chi connectivity index (χ1) is 7.97. The minimum atomic E-state index is -0.918. The lowest BCUT2D eigenvalue weighted by molar-refractivity contribution is -0.137. The maximum atomic E-state index is 11.0. The molecule has 5 heteroatoms. The Kier molecular flexibility index (Phi) is 5.15. The van der Waals surface area contributed by atoms with E-state index in [4.69, 9.17) is 5.11 Å². The number of hydrogen-bond acceptors (Lipinski definition) is 2. The molecule has 1 atom stereocenters. The van der Waals surface area contributed by atoms with Crippen molar-refractivity contribution in [1.82, 2.24) is 5.32 Å². The Labute approximate surface area is 108 Å². The average molecular weight is 300 g/mol. The van der Waals surface area contributed by atoms with E-state index in [0.717, 1.165) is 10.0 Å². The Balaban J connectivity index is 2.71. The number of hydrogen-bond donors (Lipinski definition) is 2. The summed E-state index contributed by atoms with van der Waals surface area (Å²) in [5.41, 5.74) is 0.986. The zero-order chi connectivity index (χ0) is 12.8. The fourth-order valence-electron chi connectivity index (χ4n) is 1.62. The fraction of sp³-hybridized carbons (Fsp3) is 0.333. The lowest BCUT2D eigenvalue weighted by atomic mass is 10.0. The van der Waals surface area contributed by atoms with Crippen LogP contribution in [0.1, 0.15) is 18.9 Å². The van der Waals surface area contributed by atoms with E-state index < -0.39 is 5.97 Å². The number of benzene rings is 1. The normalized spacial score (nSPS) is 11.9. The van der Waals surface area contributed by atoms with Crippen LogP contribution in [0.5, 0.6) is 0 Å². The average Bonchev–Trinajstić information content (AvgIpc) is 2.14. The van der Waals surface area contributed by atoms with Crippen LogP contribution in [0.3, 0.4) is 0 Å². The van der Waals surface area contributed by atoms with Gasteiger partial charge >= 0.3 is 5.97 Å². The highest BCUT2D eigenvalue weighted by Gasteiger charge is 2.14. The van der Waals surface area contributed by atoms with Gasteiger partial charge in [-0.3, -0.25) is 9.59 Å². The van der Waals surface area contributed by atoms with E-state index in [2.05, 4.69) is 21.2 Å². The third-order valence-corrected chi connectivity index (χ3v) is 2.69. The summed E-state index contributed by atoms with van der Waals surface area (Å²) in [6.07, 6.45) is 0.428. The zero-order valence-corrected chi connectivity index (χ0v) is 11.0. The first kappa shape index (κ1) is 13.7. The standard InChI is InChI=1S/C12H14BrNO3/c1-8(15)14-11(7-12(16)17)6-9-3-2-4-10(13)5-9/h2-5,11H,6-7H2,1H3,(H,14,15)(H,16,17)/t11-/m1/s1. The molecule has 1 aromatic carbocycles. The monoisotopic (exact) mass is 299 g/mol. The maximum absolute atomic E-state index is 11.0. The maximum Gasteiger partial charge on any atom is 0.305 e. The molecule has 0 aromatic heterocycles. The topological polar surface area (TPSA) is 66.4 Å². The summed E-state index contributed by atoms with van der Waals surface area (Å²) in [7, 11) is 0. The molecule has 92 valence electrons. The van der Waals surface area contributed by atoms with E-state index in [-0.39, 0.29) is 18.4 Å². The van der Waals surface area contributed by atoms with E-state index in [1.54, 1.807) is 0 Å². The Morgan fingerprint density at radius 2 is 2.18 bits per heavy atom. The molecular formula is C12H14BrNO3. The fourth-order valence-corrected chi connectivity index (χ4v) is 2.07. The molecule has 0 saturated heterocycles. The molecule has 0 spiro atoms. The lowest BCUT2D eigenvalue weighted by Gasteiger charge is -2.15. The number of carboxylic acids is 1. The number of carbonyl (C=O) groups excluding carboxylic acids is 1. The molecule has 0 saturated carbocycles. The van der Waals surface area contributed by atoms with Crippen molar-refractivity contribution >= 4 is 27.8 Å². The van der Waals surface area contributed by atoms with Gasteiger partial charge in [0, 0.05) is 17.4 Å². The zero-order valence-electron chi connectivity index (χ0n) is 9.44. The molecule has 0 aliphatic rings. The highest BCUT2D eigenvalue weighted by molar-refractivity contribution is 9.10. The molecule has 0 aliphatic carbocycles. The van der Waals surface area contributed by atoms with Gasteiger partial charge in [0.05, 0.1) is 6.42 Å². The van der Waals surface area contributed by atoms with Gasteiger partial charge in [0.1, 0.15) is 0 Å². The van der Waals surface area contributed by atoms with Crippen LogP contribution < -0.4 is 5.32 Å². The second-order valence-electron chi connectivity index (χ2n) is 3.83. The molecule has 1 amide bonds. The van der Waals surface area contributed by atoms with Crippen LogP contribution in [0.2, 0.25) is 0 Å². The van der Waals surface area contributed by atoms with Crippen molar-refractivity contribution in [3.63, 3.8) is 0 Å². The number of amides is 1. The SMILES string of the molecule is CC(=O)N[C@@H](CC(=O)O)Cc1cccc(Br)c1. The predicted octanol–water partition coefficient (Wildman–Crippen LogP) is 1.97. The van der Waals surface area contributed by atoms with Crippen molar-refractivity contribution in [2.45, 2.75) is 25.8 Å². The molecule has 0 fully saturated rings. The molecule has 4 nitrogen and oxygen atoms in total. The van der Waals surface area contributed by atoms with Gasteiger partial charge in [0.15, 0.2) is 0 Å². The Morgan fingerprint density at radius 1 is 1.47 bits per heavy atom. The molecule has 2 N–H and O–H groups in total. The molecule has 0 radical (unpaired) electrons. The molecule has 1 aromatic rings. The van der Waals surface area contributed by atoms with Crippen LogP contribution in [-0.4, -0.2) is 23.0 Å². The van der Waals surface area contributed by atoms with Gasteiger partial charge in [-0.15, -0.1) is 0 Å². The third-order valence-electron chi connectivity index (χ3n) is 2.20. The first-order valence-electron chi connectivity index (χ1n) is 5.20.